The van der Waals surface area contributed by atoms with Gasteiger partial charge in [0.25, 0.3) is 26.0 Å². The molecule has 0 heterocycles. The molecule has 10 nitrogen and oxygen atoms in total. The number of hydrogen-bond donors (Lipinski definition) is 2. The van der Waals surface area contributed by atoms with Crippen LogP contribution in [0.5, 0.6) is 11.5 Å². The minimum atomic E-state index is -3.94. The van der Waals surface area contributed by atoms with Gasteiger partial charge in [-0.3, -0.25) is 13.8 Å². The summed E-state index contributed by atoms with van der Waals surface area (Å²) < 4.78 is 65.7. The highest BCUT2D eigenvalue weighted by Gasteiger charge is 2.23. The number of hydrogen-bond acceptors (Lipinski definition) is 7. The average molecular weight is 651 g/mol. The number of rotatable bonds is 10. The molecule has 1 amide bonds. The molecule has 0 atom stereocenters. The summed E-state index contributed by atoms with van der Waals surface area (Å²) in [6.07, 6.45) is 0. The first-order chi connectivity index (χ1) is 19.8. The zero-order valence-electron chi connectivity index (χ0n) is 22.5. The van der Waals surface area contributed by atoms with Crippen LogP contribution in [0, 0.1) is 0 Å². The van der Waals surface area contributed by atoms with Gasteiger partial charge in [-0.05, 0) is 78.9 Å². The molecular formula is C28H25Cl2N3O7S2. The second-order valence-electron chi connectivity index (χ2n) is 8.78. The third kappa shape index (κ3) is 6.90. The van der Waals surface area contributed by atoms with Gasteiger partial charge in [-0.1, -0.05) is 23.2 Å². The number of carbonyl (C=O) groups excluding carboxylic acids is 1. The lowest BCUT2D eigenvalue weighted by atomic mass is 10.2. The van der Waals surface area contributed by atoms with Gasteiger partial charge in [-0.15, -0.1) is 0 Å². The fourth-order valence-corrected chi connectivity index (χ4v) is 6.62. The smallest absolute Gasteiger partial charge is 0.264 e. The van der Waals surface area contributed by atoms with Gasteiger partial charge in [0.05, 0.1) is 35.4 Å². The summed E-state index contributed by atoms with van der Waals surface area (Å²) in [5.74, 6) is 0.187. The van der Waals surface area contributed by atoms with Gasteiger partial charge in [0.15, 0.2) is 11.5 Å². The van der Waals surface area contributed by atoms with E-state index in [1.165, 1.54) is 106 Å². The quantitative estimate of drug-likeness (QED) is 0.219. The molecule has 220 valence electrons. The zero-order valence-corrected chi connectivity index (χ0v) is 25.6. The number of nitrogens with one attached hydrogen (secondary N) is 2. The molecule has 0 aliphatic carbocycles. The number of carbonyl (C=O) groups is 1. The van der Waals surface area contributed by atoms with Crippen LogP contribution in [0.4, 0.5) is 17.1 Å². The fourth-order valence-electron chi connectivity index (χ4n) is 3.84. The number of sulfonamides is 2. The molecule has 0 aliphatic heterocycles. The molecule has 0 fully saturated rings. The lowest BCUT2D eigenvalue weighted by Gasteiger charge is -2.20. The monoisotopic (exact) mass is 649 g/mol. The molecule has 42 heavy (non-hydrogen) atoms. The number of halogens is 2. The third-order valence-corrected chi connectivity index (χ3v) is 9.66. The number of benzene rings is 4. The number of amides is 1. The van der Waals surface area contributed by atoms with Crippen LogP contribution in [-0.4, -0.2) is 44.0 Å². The molecule has 0 aromatic heterocycles. The van der Waals surface area contributed by atoms with E-state index in [0.717, 1.165) is 4.31 Å². The average Bonchev–Trinajstić information content (AvgIpc) is 2.95. The minimum absolute atomic E-state index is 0.00138. The third-order valence-electron chi connectivity index (χ3n) is 6.04. The van der Waals surface area contributed by atoms with Crippen molar-refractivity contribution in [1.82, 2.24) is 0 Å². The topological polar surface area (TPSA) is 131 Å². The minimum Gasteiger partial charge on any atom is -0.493 e. The Morgan fingerprint density at radius 2 is 1.29 bits per heavy atom. The van der Waals surface area contributed by atoms with Crippen LogP contribution in [0.3, 0.4) is 0 Å². The van der Waals surface area contributed by atoms with Crippen molar-refractivity contribution in [3.8, 4) is 11.5 Å². The predicted octanol–water partition coefficient (Wildman–Crippen LogP) is 5.89. The lowest BCUT2D eigenvalue weighted by molar-refractivity contribution is 0.102. The van der Waals surface area contributed by atoms with Gasteiger partial charge in [-0.2, -0.15) is 0 Å². The van der Waals surface area contributed by atoms with E-state index in [4.69, 9.17) is 32.7 Å². The molecule has 0 aliphatic rings. The predicted molar refractivity (Wildman–Crippen MR) is 163 cm³/mol. The maximum Gasteiger partial charge on any atom is 0.264 e. The van der Waals surface area contributed by atoms with Crippen LogP contribution in [0.2, 0.25) is 10.0 Å². The second-order valence-corrected chi connectivity index (χ2v) is 13.3. The van der Waals surface area contributed by atoms with Crippen molar-refractivity contribution < 1.29 is 31.1 Å². The van der Waals surface area contributed by atoms with Crippen molar-refractivity contribution >= 4 is 66.2 Å². The molecule has 14 heteroatoms. The number of nitrogens with zero attached hydrogens (tertiary/aromatic N) is 1. The molecule has 2 N–H and O–H groups in total. The highest BCUT2D eigenvalue weighted by atomic mass is 35.5. The lowest BCUT2D eigenvalue weighted by Crippen LogP contribution is -2.26. The van der Waals surface area contributed by atoms with E-state index in [-0.39, 0.29) is 36.8 Å². The Labute approximate surface area is 253 Å². The first-order valence-electron chi connectivity index (χ1n) is 12.1. The SMILES string of the molecule is COc1ccc(S(=O)(=O)N(C)c2ccc(C(=O)Nc3ccc(S(=O)(=O)Nc4cc(Cl)cc(Cl)c4)cc3)cc2)cc1OC. The zero-order chi connectivity index (χ0) is 30.7. The van der Waals surface area contributed by atoms with Gasteiger partial charge >= 0.3 is 0 Å². The Hall–Kier alpha value is -3.97. The van der Waals surface area contributed by atoms with Gasteiger partial charge in [-0.25, -0.2) is 16.8 Å². The molecule has 4 aromatic carbocycles. The summed E-state index contributed by atoms with van der Waals surface area (Å²) >= 11 is 11.9. The number of methoxy groups -OCH3 is 2. The van der Waals surface area contributed by atoms with Crippen LogP contribution in [0.25, 0.3) is 0 Å². The van der Waals surface area contributed by atoms with Crippen LogP contribution in [-0.2, 0) is 20.0 Å². The Morgan fingerprint density at radius 1 is 0.714 bits per heavy atom. The molecule has 0 bridgehead atoms. The van der Waals surface area contributed by atoms with Gasteiger partial charge in [0.1, 0.15) is 0 Å². The van der Waals surface area contributed by atoms with E-state index in [1.807, 2.05) is 0 Å². The first kappa shape index (κ1) is 31.0. The molecule has 0 saturated carbocycles. The van der Waals surface area contributed by atoms with E-state index < -0.39 is 26.0 Å². The molecule has 4 aromatic rings. The maximum absolute atomic E-state index is 13.2. The van der Waals surface area contributed by atoms with Crippen LogP contribution >= 0.6 is 23.2 Å². The second kappa shape index (κ2) is 12.5. The summed E-state index contributed by atoms with van der Waals surface area (Å²) in [5.41, 5.74) is 1.13. The normalized spacial score (nSPS) is 11.5. The highest BCUT2D eigenvalue weighted by Crippen LogP contribution is 2.32. The molecular weight excluding hydrogens is 625 g/mol. The standard InChI is InChI=1S/C28H25Cl2N3O7S2/c1-33(42(37,38)25-12-13-26(39-2)27(17-25)40-3)23-8-4-18(5-9-23)28(34)31-21-6-10-24(11-7-21)41(35,36)32-22-15-19(29)14-20(30)16-22/h4-17,32H,1-3H3,(H,31,34). The van der Waals surface area contributed by atoms with Crippen molar-refractivity contribution in [2.24, 2.45) is 0 Å². The Balaban J connectivity index is 1.44. The van der Waals surface area contributed by atoms with E-state index in [1.54, 1.807) is 0 Å². The van der Waals surface area contributed by atoms with Gasteiger partial charge in [0, 0.05) is 34.4 Å². The van der Waals surface area contributed by atoms with Crippen LogP contribution in [0.1, 0.15) is 10.4 Å². The Morgan fingerprint density at radius 3 is 1.86 bits per heavy atom. The van der Waals surface area contributed by atoms with Crippen molar-refractivity contribution in [1.29, 1.82) is 0 Å². The molecule has 0 spiro atoms. The van der Waals surface area contributed by atoms with Crippen molar-refractivity contribution in [2.75, 3.05) is 35.6 Å². The van der Waals surface area contributed by atoms with Crippen molar-refractivity contribution in [3.63, 3.8) is 0 Å². The summed E-state index contributed by atoms with van der Waals surface area (Å²) in [5, 5.41) is 3.23. The van der Waals surface area contributed by atoms with E-state index in [9.17, 15) is 21.6 Å². The van der Waals surface area contributed by atoms with Crippen molar-refractivity contribution in [3.05, 3.63) is 101 Å². The summed E-state index contributed by atoms with van der Waals surface area (Å²) in [6, 6.07) is 20.1. The Bertz CT molecular complexity index is 1810. The van der Waals surface area contributed by atoms with Crippen molar-refractivity contribution in [2.45, 2.75) is 9.79 Å². The number of ether oxygens (including phenoxy) is 2. The number of anilines is 3. The Kier molecular flexibility index (Phi) is 9.21. The molecule has 0 saturated heterocycles. The maximum atomic E-state index is 13.2. The molecule has 0 radical (unpaired) electrons. The summed E-state index contributed by atoms with van der Waals surface area (Å²) in [7, 11) is -3.63. The summed E-state index contributed by atoms with van der Waals surface area (Å²) in [6.45, 7) is 0. The van der Waals surface area contributed by atoms with Gasteiger partial charge < -0.3 is 14.8 Å². The van der Waals surface area contributed by atoms with E-state index >= 15 is 0 Å². The largest absolute Gasteiger partial charge is 0.493 e. The van der Waals surface area contributed by atoms with Gasteiger partial charge in [0.2, 0.25) is 0 Å². The van der Waals surface area contributed by atoms with Crippen LogP contribution in [0.15, 0.2) is 94.7 Å². The summed E-state index contributed by atoms with van der Waals surface area (Å²) in [4.78, 5) is 12.8. The fraction of sp³-hybridized carbons (Fsp3) is 0.107. The van der Waals surface area contributed by atoms with Crippen LogP contribution < -0.4 is 23.8 Å². The first-order valence-corrected chi connectivity index (χ1v) is 15.7. The van der Waals surface area contributed by atoms with E-state index in [0.29, 0.717) is 17.1 Å². The van der Waals surface area contributed by atoms with E-state index in [2.05, 4.69) is 10.0 Å². The highest BCUT2D eigenvalue weighted by molar-refractivity contribution is 7.93. The molecule has 0 unspecified atom stereocenters. The molecule has 4 rings (SSSR count).